The van der Waals surface area contributed by atoms with Crippen LogP contribution in [0.25, 0.3) is 0 Å². The van der Waals surface area contributed by atoms with Gasteiger partial charge in [-0.1, -0.05) is 19.1 Å². The van der Waals surface area contributed by atoms with Crippen LogP contribution in [0.1, 0.15) is 24.9 Å². The summed E-state index contributed by atoms with van der Waals surface area (Å²) in [6.45, 7) is 7.78. The van der Waals surface area contributed by atoms with Crippen molar-refractivity contribution in [3.8, 4) is 0 Å². The Hall–Kier alpha value is -0.970. The average Bonchev–Trinajstić information content (AvgIpc) is 2.46. The second-order valence-corrected chi connectivity index (χ2v) is 4.90. The number of rotatable bonds is 6. The highest BCUT2D eigenvalue weighted by molar-refractivity contribution is 5.19. The van der Waals surface area contributed by atoms with Crippen molar-refractivity contribution in [3.05, 3.63) is 35.6 Å². The summed E-state index contributed by atoms with van der Waals surface area (Å²) in [6.07, 6.45) is 1.04. The molecule has 2 rings (SSSR count). The number of nitrogens with zero attached hydrogens (tertiary/aromatic N) is 1. The van der Waals surface area contributed by atoms with E-state index in [1.165, 1.54) is 12.1 Å². The number of benzene rings is 1. The molecule has 3 nitrogen and oxygen atoms in total. The van der Waals surface area contributed by atoms with E-state index in [4.69, 9.17) is 4.74 Å². The van der Waals surface area contributed by atoms with Gasteiger partial charge in [-0.2, -0.15) is 0 Å². The van der Waals surface area contributed by atoms with Gasteiger partial charge in [-0.3, -0.25) is 4.90 Å². The van der Waals surface area contributed by atoms with E-state index in [1.54, 1.807) is 0 Å². The van der Waals surface area contributed by atoms with E-state index in [0.717, 1.165) is 51.4 Å². The van der Waals surface area contributed by atoms with Gasteiger partial charge in [0.25, 0.3) is 0 Å². The minimum atomic E-state index is -0.174. The number of hydrogen-bond acceptors (Lipinski definition) is 3. The second-order valence-electron chi connectivity index (χ2n) is 4.90. The van der Waals surface area contributed by atoms with E-state index >= 15 is 0 Å². The molecular weight excluding hydrogens is 243 g/mol. The first-order valence-corrected chi connectivity index (χ1v) is 7.08. The average molecular weight is 266 g/mol. The number of hydrogen-bond donors (Lipinski definition) is 1. The maximum absolute atomic E-state index is 13.0. The zero-order valence-corrected chi connectivity index (χ0v) is 11.6. The van der Waals surface area contributed by atoms with Gasteiger partial charge in [-0.05, 0) is 30.7 Å². The molecule has 106 valence electrons. The summed E-state index contributed by atoms with van der Waals surface area (Å²) < 4.78 is 18.3. The molecule has 1 aliphatic rings. The zero-order chi connectivity index (χ0) is 13.5. The molecule has 1 atom stereocenters. The number of halogens is 1. The van der Waals surface area contributed by atoms with Crippen LogP contribution in [0.4, 0.5) is 4.39 Å². The Balaban J connectivity index is 1.89. The third-order valence-electron chi connectivity index (χ3n) is 3.56. The van der Waals surface area contributed by atoms with Gasteiger partial charge in [0.05, 0.1) is 13.2 Å². The van der Waals surface area contributed by atoms with Gasteiger partial charge in [0.15, 0.2) is 0 Å². The van der Waals surface area contributed by atoms with Crippen LogP contribution in [-0.4, -0.2) is 44.3 Å². The number of morpholine rings is 1. The van der Waals surface area contributed by atoms with E-state index in [2.05, 4.69) is 17.1 Å². The predicted molar refractivity (Wildman–Crippen MR) is 74.7 cm³/mol. The Morgan fingerprint density at radius 3 is 2.58 bits per heavy atom. The Labute approximate surface area is 114 Å². The zero-order valence-electron chi connectivity index (χ0n) is 11.6. The van der Waals surface area contributed by atoms with Gasteiger partial charge < -0.3 is 10.1 Å². The molecule has 4 heteroatoms. The fraction of sp³-hybridized carbons (Fsp3) is 0.600. The lowest BCUT2D eigenvalue weighted by molar-refractivity contribution is 0.0361. The summed E-state index contributed by atoms with van der Waals surface area (Å²) in [4.78, 5) is 2.43. The maximum Gasteiger partial charge on any atom is 0.123 e. The molecule has 0 radical (unpaired) electrons. The SMILES string of the molecule is CCNC(CCN1CCOCC1)c1ccc(F)cc1. The molecule has 1 heterocycles. The highest BCUT2D eigenvalue weighted by atomic mass is 19.1. The van der Waals surface area contributed by atoms with E-state index in [1.807, 2.05) is 12.1 Å². The minimum Gasteiger partial charge on any atom is -0.379 e. The number of nitrogens with one attached hydrogen (secondary N) is 1. The van der Waals surface area contributed by atoms with Gasteiger partial charge in [-0.25, -0.2) is 4.39 Å². The van der Waals surface area contributed by atoms with Gasteiger partial charge in [0.2, 0.25) is 0 Å². The van der Waals surface area contributed by atoms with Crippen LogP contribution in [0.3, 0.4) is 0 Å². The van der Waals surface area contributed by atoms with Crippen molar-refractivity contribution in [2.45, 2.75) is 19.4 Å². The van der Waals surface area contributed by atoms with Crippen molar-refractivity contribution >= 4 is 0 Å². The quantitative estimate of drug-likeness (QED) is 0.854. The first-order chi connectivity index (χ1) is 9.29. The molecule has 0 bridgehead atoms. The Morgan fingerprint density at radius 1 is 1.26 bits per heavy atom. The van der Waals surface area contributed by atoms with Gasteiger partial charge in [0.1, 0.15) is 5.82 Å². The van der Waals surface area contributed by atoms with Crippen LogP contribution in [0.2, 0.25) is 0 Å². The Morgan fingerprint density at radius 2 is 1.95 bits per heavy atom. The van der Waals surface area contributed by atoms with Crippen LogP contribution in [0.5, 0.6) is 0 Å². The molecular formula is C15H23FN2O. The lowest BCUT2D eigenvalue weighted by Gasteiger charge is -2.28. The van der Waals surface area contributed by atoms with Crippen LogP contribution in [-0.2, 0) is 4.74 Å². The fourth-order valence-corrected chi connectivity index (χ4v) is 2.46. The van der Waals surface area contributed by atoms with Crippen molar-refractivity contribution in [2.24, 2.45) is 0 Å². The summed E-state index contributed by atoms with van der Waals surface area (Å²) in [6, 6.07) is 7.13. The molecule has 1 aromatic carbocycles. The molecule has 0 saturated carbocycles. The molecule has 1 aromatic rings. The molecule has 1 saturated heterocycles. The Kier molecular flexibility index (Phi) is 5.76. The van der Waals surface area contributed by atoms with Gasteiger partial charge in [0, 0.05) is 25.7 Å². The van der Waals surface area contributed by atoms with E-state index in [-0.39, 0.29) is 5.82 Å². The van der Waals surface area contributed by atoms with Crippen molar-refractivity contribution in [3.63, 3.8) is 0 Å². The predicted octanol–water partition coefficient (Wildman–Crippen LogP) is 2.20. The third kappa shape index (κ3) is 4.56. The first-order valence-electron chi connectivity index (χ1n) is 7.08. The molecule has 1 fully saturated rings. The monoisotopic (exact) mass is 266 g/mol. The molecule has 19 heavy (non-hydrogen) atoms. The standard InChI is InChI=1S/C15H23FN2O/c1-2-17-15(13-3-5-14(16)6-4-13)7-8-18-9-11-19-12-10-18/h3-6,15,17H,2,7-12H2,1H3. The lowest BCUT2D eigenvalue weighted by atomic mass is 10.0. The highest BCUT2D eigenvalue weighted by Gasteiger charge is 2.14. The van der Waals surface area contributed by atoms with Crippen LogP contribution < -0.4 is 5.32 Å². The fourth-order valence-electron chi connectivity index (χ4n) is 2.46. The van der Waals surface area contributed by atoms with E-state index in [0.29, 0.717) is 6.04 Å². The van der Waals surface area contributed by atoms with Crippen LogP contribution in [0.15, 0.2) is 24.3 Å². The third-order valence-corrected chi connectivity index (χ3v) is 3.56. The summed E-state index contributed by atoms with van der Waals surface area (Å²) in [7, 11) is 0. The normalized spacial score (nSPS) is 18.4. The van der Waals surface area contributed by atoms with Crippen molar-refractivity contribution in [1.82, 2.24) is 10.2 Å². The molecule has 0 aliphatic carbocycles. The van der Waals surface area contributed by atoms with Crippen molar-refractivity contribution < 1.29 is 9.13 Å². The smallest absolute Gasteiger partial charge is 0.123 e. The molecule has 1 unspecified atom stereocenters. The largest absolute Gasteiger partial charge is 0.379 e. The summed E-state index contributed by atoms with van der Waals surface area (Å²) in [5, 5.41) is 3.48. The second kappa shape index (κ2) is 7.58. The highest BCUT2D eigenvalue weighted by Crippen LogP contribution is 2.18. The van der Waals surface area contributed by atoms with Crippen molar-refractivity contribution in [2.75, 3.05) is 39.4 Å². The summed E-state index contributed by atoms with van der Waals surface area (Å²) in [5.41, 5.74) is 1.16. The van der Waals surface area contributed by atoms with Crippen LogP contribution in [0, 0.1) is 5.82 Å². The van der Waals surface area contributed by atoms with Crippen LogP contribution >= 0.6 is 0 Å². The molecule has 1 aliphatic heterocycles. The minimum absolute atomic E-state index is 0.174. The topological polar surface area (TPSA) is 24.5 Å². The molecule has 0 spiro atoms. The van der Waals surface area contributed by atoms with E-state index < -0.39 is 0 Å². The van der Waals surface area contributed by atoms with Crippen molar-refractivity contribution in [1.29, 1.82) is 0 Å². The molecule has 1 N–H and O–H groups in total. The summed E-state index contributed by atoms with van der Waals surface area (Å²) >= 11 is 0. The van der Waals surface area contributed by atoms with Gasteiger partial charge in [-0.15, -0.1) is 0 Å². The maximum atomic E-state index is 13.0. The Bertz CT molecular complexity index is 363. The van der Waals surface area contributed by atoms with E-state index in [9.17, 15) is 4.39 Å². The summed E-state index contributed by atoms with van der Waals surface area (Å²) in [5.74, 6) is -0.174. The van der Waals surface area contributed by atoms with Gasteiger partial charge >= 0.3 is 0 Å². The lowest BCUT2D eigenvalue weighted by Crippen LogP contribution is -2.38. The first kappa shape index (κ1) is 14.4. The molecule has 0 amide bonds. The number of ether oxygens (including phenoxy) is 1. The molecule has 0 aromatic heterocycles.